The minimum atomic E-state index is -0.0660. The van der Waals surface area contributed by atoms with Crippen LogP contribution in [0, 0.1) is 6.92 Å². The quantitative estimate of drug-likeness (QED) is 0.888. The summed E-state index contributed by atoms with van der Waals surface area (Å²) in [6, 6.07) is 18.1. The standard InChI is InChI=1S/C19H21NO2/c1-15-6-5-9-17(12-15)22-13-18(21)20-14-19(10-11-19)16-7-3-2-4-8-16/h2-9,12H,10-11,13-14H2,1H3,(H,20,21). The fourth-order valence-electron chi connectivity index (χ4n) is 2.68. The summed E-state index contributed by atoms with van der Waals surface area (Å²) >= 11 is 0. The topological polar surface area (TPSA) is 38.3 Å². The van der Waals surface area contributed by atoms with Gasteiger partial charge < -0.3 is 10.1 Å². The Hall–Kier alpha value is -2.29. The van der Waals surface area contributed by atoms with Gasteiger partial charge in [-0.25, -0.2) is 0 Å². The molecule has 1 aliphatic rings. The van der Waals surface area contributed by atoms with Crippen molar-refractivity contribution < 1.29 is 9.53 Å². The van der Waals surface area contributed by atoms with Crippen LogP contribution in [0.4, 0.5) is 0 Å². The number of carbonyl (C=O) groups is 1. The van der Waals surface area contributed by atoms with Gasteiger partial charge in [-0.3, -0.25) is 4.79 Å². The molecule has 1 fully saturated rings. The molecule has 2 aromatic carbocycles. The van der Waals surface area contributed by atoms with E-state index in [4.69, 9.17) is 4.74 Å². The molecule has 1 saturated carbocycles. The summed E-state index contributed by atoms with van der Waals surface area (Å²) in [5.41, 5.74) is 2.58. The van der Waals surface area contributed by atoms with Crippen LogP contribution in [0.25, 0.3) is 0 Å². The largest absolute Gasteiger partial charge is 0.484 e. The van der Waals surface area contributed by atoms with Crippen LogP contribution in [-0.2, 0) is 10.2 Å². The number of rotatable bonds is 6. The lowest BCUT2D eigenvalue weighted by Crippen LogP contribution is -2.35. The van der Waals surface area contributed by atoms with Crippen LogP contribution in [0.5, 0.6) is 5.75 Å². The van der Waals surface area contributed by atoms with Crippen LogP contribution in [-0.4, -0.2) is 19.1 Å². The van der Waals surface area contributed by atoms with Crippen LogP contribution in [0.1, 0.15) is 24.0 Å². The molecule has 3 heteroatoms. The van der Waals surface area contributed by atoms with E-state index in [1.807, 2.05) is 37.3 Å². The van der Waals surface area contributed by atoms with Crippen molar-refractivity contribution >= 4 is 5.91 Å². The normalized spacial score (nSPS) is 15.1. The number of nitrogens with one attached hydrogen (secondary N) is 1. The molecule has 0 radical (unpaired) electrons. The fraction of sp³-hybridized carbons (Fsp3) is 0.316. The Morgan fingerprint density at radius 3 is 2.59 bits per heavy atom. The number of carbonyl (C=O) groups excluding carboxylic acids is 1. The van der Waals surface area contributed by atoms with Gasteiger partial charge in [0.15, 0.2) is 6.61 Å². The van der Waals surface area contributed by atoms with Gasteiger partial charge in [0, 0.05) is 12.0 Å². The van der Waals surface area contributed by atoms with Crippen LogP contribution in [0.3, 0.4) is 0 Å². The number of aryl methyl sites for hydroxylation is 1. The second-order valence-electron chi connectivity index (χ2n) is 6.03. The van der Waals surface area contributed by atoms with Crippen LogP contribution < -0.4 is 10.1 Å². The molecule has 3 nitrogen and oxygen atoms in total. The first-order valence-electron chi connectivity index (χ1n) is 7.70. The van der Waals surface area contributed by atoms with Crippen molar-refractivity contribution in [1.29, 1.82) is 0 Å². The minimum absolute atomic E-state index is 0.0638. The zero-order chi connectivity index (χ0) is 15.4. The molecule has 0 aromatic heterocycles. The second-order valence-corrected chi connectivity index (χ2v) is 6.03. The van der Waals surface area contributed by atoms with Crippen molar-refractivity contribution in [3.05, 3.63) is 65.7 Å². The molecule has 114 valence electrons. The zero-order valence-corrected chi connectivity index (χ0v) is 12.8. The lowest BCUT2D eigenvalue weighted by molar-refractivity contribution is -0.123. The summed E-state index contributed by atoms with van der Waals surface area (Å²) in [6.07, 6.45) is 2.27. The number of hydrogen-bond acceptors (Lipinski definition) is 2. The Balaban J connectivity index is 1.49. The predicted molar refractivity (Wildman–Crippen MR) is 87.0 cm³/mol. The molecule has 2 aromatic rings. The van der Waals surface area contributed by atoms with Gasteiger partial charge in [0.1, 0.15) is 5.75 Å². The highest BCUT2D eigenvalue weighted by molar-refractivity contribution is 5.77. The maximum Gasteiger partial charge on any atom is 0.257 e. The van der Waals surface area contributed by atoms with Gasteiger partial charge in [-0.15, -0.1) is 0 Å². The summed E-state index contributed by atoms with van der Waals surface area (Å²) in [4.78, 5) is 12.0. The molecule has 22 heavy (non-hydrogen) atoms. The summed E-state index contributed by atoms with van der Waals surface area (Å²) < 4.78 is 5.53. The average molecular weight is 295 g/mol. The Kier molecular flexibility index (Phi) is 4.14. The van der Waals surface area contributed by atoms with E-state index in [1.54, 1.807) is 0 Å². The van der Waals surface area contributed by atoms with Crippen molar-refractivity contribution in [1.82, 2.24) is 5.32 Å². The SMILES string of the molecule is Cc1cccc(OCC(=O)NCC2(c3ccccc3)CC2)c1. The summed E-state index contributed by atoms with van der Waals surface area (Å²) in [7, 11) is 0. The van der Waals surface area contributed by atoms with Crippen molar-refractivity contribution in [2.45, 2.75) is 25.2 Å². The fourth-order valence-corrected chi connectivity index (χ4v) is 2.68. The third-order valence-corrected chi connectivity index (χ3v) is 4.22. The highest BCUT2D eigenvalue weighted by Crippen LogP contribution is 2.47. The highest BCUT2D eigenvalue weighted by atomic mass is 16.5. The van der Waals surface area contributed by atoms with Gasteiger partial charge in [-0.05, 0) is 43.0 Å². The van der Waals surface area contributed by atoms with Gasteiger partial charge in [0.2, 0.25) is 0 Å². The number of amides is 1. The maximum absolute atomic E-state index is 12.0. The molecule has 0 saturated heterocycles. The lowest BCUT2D eigenvalue weighted by Gasteiger charge is -2.16. The Bertz CT molecular complexity index is 647. The third kappa shape index (κ3) is 3.48. The van der Waals surface area contributed by atoms with Crippen molar-refractivity contribution in [2.75, 3.05) is 13.2 Å². The second kappa shape index (κ2) is 6.22. The molecule has 0 heterocycles. The Labute approximate surface area is 131 Å². The first kappa shape index (κ1) is 14.6. The van der Waals surface area contributed by atoms with Crippen molar-refractivity contribution in [3.8, 4) is 5.75 Å². The van der Waals surface area contributed by atoms with Crippen LogP contribution in [0.15, 0.2) is 54.6 Å². The molecule has 1 amide bonds. The van der Waals surface area contributed by atoms with E-state index in [-0.39, 0.29) is 17.9 Å². The molecule has 1 N–H and O–H groups in total. The third-order valence-electron chi connectivity index (χ3n) is 4.22. The first-order valence-corrected chi connectivity index (χ1v) is 7.70. The smallest absolute Gasteiger partial charge is 0.257 e. The molecule has 0 atom stereocenters. The van der Waals surface area contributed by atoms with Gasteiger partial charge >= 0.3 is 0 Å². The van der Waals surface area contributed by atoms with Gasteiger partial charge in [0.25, 0.3) is 5.91 Å². The lowest BCUT2D eigenvalue weighted by atomic mass is 9.96. The molecule has 0 unspecified atom stereocenters. The summed E-state index contributed by atoms with van der Waals surface area (Å²) in [6.45, 7) is 2.75. The number of hydrogen-bond donors (Lipinski definition) is 1. The zero-order valence-electron chi connectivity index (χ0n) is 12.8. The van der Waals surface area contributed by atoms with Crippen LogP contribution >= 0.6 is 0 Å². The predicted octanol–water partition coefficient (Wildman–Crippen LogP) is 3.22. The molecule has 0 aliphatic heterocycles. The molecular weight excluding hydrogens is 274 g/mol. The van der Waals surface area contributed by atoms with E-state index in [9.17, 15) is 4.79 Å². The van der Waals surface area contributed by atoms with E-state index in [0.29, 0.717) is 6.54 Å². The molecular formula is C19H21NO2. The molecule has 3 rings (SSSR count). The first-order chi connectivity index (χ1) is 10.7. The maximum atomic E-state index is 12.0. The average Bonchev–Trinajstić information content (AvgIpc) is 3.33. The minimum Gasteiger partial charge on any atom is -0.484 e. The molecule has 0 spiro atoms. The van der Waals surface area contributed by atoms with Crippen molar-refractivity contribution in [3.63, 3.8) is 0 Å². The monoisotopic (exact) mass is 295 g/mol. The number of ether oxygens (including phenoxy) is 1. The molecule has 0 bridgehead atoms. The Morgan fingerprint density at radius 2 is 1.91 bits per heavy atom. The van der Waals surface area contributed by atoms with Gasteiger partial charge in [0.05, 0.1) is 0 Å². The van der Waals surface area contributed by atoms with Gasteiger partial charge in [-0.2, -0.15) is 0 Å². The van der Waals surface area contributed by atoms with Crippen molar-refractivity contribution in [2.24, 2.45) is 0 Å². The number of benzene rings is 2. The van der Waals surface area contributed by atoms with E-state index < -0.39 is 0 Å². The van der Waals surface area contributed by atoms with Crippen LogP contribution in [0.2, 0.25) is 0 Å². The van der Waals surface area contributed by atoms with E-state index >= 15 is 0 Å². The highest BCUT2D eigenvalue weighted by Gasteiger charge is 2.44. The Morgan fingerprint density at radius 1 is 1.14 bits per heavy atom. The van der Waals surface area contributed by atoms with Gasteiger partial charge in [-0.1, -0.05) is 42.5 Å². The van der Waals surface area contributed by atoms with E-state index in [2.05, 4.69) is 29.6 Å². The van der Waals surface area contributed by atoms with E-state index in [0.717, 1.165) is 24.2 Å². The van der Waals surface area contributed by atoms with E-state index in [1.165, 1.54) is 5.56 Å². The summed E-state index contributed by atoms with van der Waals surface area (Å²) in [5, 5.41) is 3.00. The summed E-state index contributed by atoms with van der Waals surface area (Å²) in [5.74, 6) is 0.669. The molecule has 1 aliphatic carbocycles.